The van der Waals surface area contributed by atoms with E-state index < -0.39 is 60.4 Å². The number of hydrogen-bond acceptors (Lipinski definition) is 9. The SMILES string of the molecule is CSCC[C@H](NC(=O)CN)C(=O)N[C@@H](CO)C(=O)N[C@@H](CCCCN)C(=O)N[C@@H](Cc1ccccc1)C(=O)O. The van der Waals surface area contributed by atoms with Gasteiger partial charge in [0.1, 0.15) is 24.2 Å². The molecule has 218 valence electrons. The molecule has 1 aromatic carbocycles. The molecular formula is C25H40N6O7S. The summed E-state index contributed by atoms with van der Waals surface area (Å²) in [5, 5.41) is 29.3. The van der Waals surface area contributed by atoms with Crippen molar-refractivity contribution < 1.29 is 34.2 Å². The molecule has 0 aliphatic carbocycles. The van der Waals surface area contributed by atoms with E-state index in [0.717, 1.165) is 0 Å². The first-order chi connectivity index (χ1) is 18.7. The smallest absolute Gasteiger partial charge is 0.326 e. The van der Waals surface area contributed by atoms with E-state index in [1.165, 1.54) is 11.8 Å². The lowest BCUT2D eigenvalue weighted by molar-refractivity contribution is -0.142. The lowest BCUT2D eigenvalue weighted by atomic mass is 10.0. The average Bonchev–Trinajstić information content (AvgIpc) is 2.93. The molecule has 10 N–H and O–H groups in total. The number of benzene rings is 1. The van der Waals surface area contributed by atoms with Crippen LogP contribution < -0.4 is 32.7 Å². The maximum atomic E-state index is 13.1. The Labute approximate surface area is 232 Å². The lowest BCUT2D eigenvalue weighted by Crippen LogP contribution is -2.59. The number of nitrogens with two attached hydrogens (primary N) is 2. The number of rotatable bonds is 19. The molecule has 13 nitrogen and oxygen atoms in total. The Hall–Kier alpha value is -3.20. The number of unbranched alkanes of at least 4 members (excludes halogenated alkanes) is 1. The number of carbonyl (C=O) groups excluding carboxylic acids is 4. The maximum absolute atomic E-state index is 13.1. The lowest BCUT2D eigenvalue weighted by Gasteiger charge is -2.25. The highest BCUT2D eigenvalue weighted by molar-refractivity contribution is 7.98. The van der Waals surface area contributed by atoms with Crippen LogP contribution in [0.4, 0.5) is 0 Å². The molecule has 1 rings (SSSR count). The van der Waals surface area contributed by atoms with Crippen LogP contribution in [0.2, 0.25) is 0 Å². The van der Waals surface area contributed by atoms with Gasteiger partial charge in [0.15, 0.2) is 0 Å². The van der Waals surface area contributed by atoms with E-state index >= 15 is 0 Å². The minimum atomic E-state index is -1.42. The molecule has 0 heterocycles. The van der Waals surface area contributed by atoms with E-state index in [1.807, 2.05) is 6.26 Å². The van der Waals surface area contributed by atoms with Gasteiger partial charge in [-0.1, -0.05) is 30.3 Å². The molecule has 0 aliphatic rings. The van der Waals surface area contributed by atoms with Crippen molar-refractivity contribution in [2.75, 3.05) is 31.7 Å². The number of carboxylic acid groups (broad SMARTS) is 1. The normalized spacial score (nSPS) is 13.8. The van der Waals surface area contributed by atoms with Crippen molar-refractivity contribution in [2.45, 2.75) is 56.3 Å². The van der Waals surface area contributed by atoms with Crippen molar-refractivity contribution in [2.24, 2.45) is 11.5 Å². The van der Waals surface area contributed by atoms with Crippen LogP contribution in [-0.4, -0.2) is 95.7 Å². The summed E-state index contributed by atoms with van der Waals surface area (Å²) in [6, 6.07) is 3.97. The number of aliphatic hydroxyl groups is 1. The van der Waals surface area contributed by atoms with Crippen molar-refractivity contribution in [1.82, 2.24) is 21.3 Å². The van der Waals surface area contributed by atoms with Crippen LogP contribution in [-0.2, 0) is 30.4 Å². The second-order valence-electron chi connectivity index (χ2n) is 8.78. The van der Waals surface area contributed by atoms with Crippen LogP contribution in [0.15, 0.2) is 30.3 Å². The molecule has 0 aromatic heterocycles. The maximum Gasteiger partial charge on any atom is 0.326 e. The van der Waals surface area contributed by atoms with Gasteiger partial charge in [0, 0.05) is 6.42 Å². The Bertz CT molecular complexity index is 937. The van der Waals surface area contributed by atoms with Crippen LogP contribution in [0.5, 0.6) is 0 Å². The summed E-state index contributed by atoms with van der Waals surface area (Å²) in [5.41, 5.74) is 11.6. The number of nitrogens with one attached hydrogen (secondary N) is 4. The van der Waals surface area contributed by atoms with E-state index in [1.54, 1.807) is 30.3 Å². The van der Waals surface area contributed by atoms with Crippen molar-refractivity contribution in [3.63, 3.8) is 0 Å². The number of amides is 4. The van der Waals surface area contributed by atoms with Gasteiger partial charge in [-0.05, 0) is 49.8 Å². The summed E-state index contributed by atoms with van der Waals surface area (Å²) >= 11 is 1.45. The van der Waals surface area contributed by atoms with E-state index in [9.17, 15) is 34.2 Å². The molecule has 0 radical (unpaired) electrons. The van der Waals surface area contributed by atoms with Crippen LogP contribution >= 0.6 is 11.8 Å². The predicted molar refractivity (Wildman–Crippen MR) is 148 cm³/mol. The highest BCUT2D eigenvalue weighted by atomic mass is 32.2. The minimum absolute atomic E-state index is 0.0344. The van der Waals surface area contributed by atoms with Crippen molar-refractivity contribution in [3.05, 3.63) is 35.9 Å². The first-order valence-corrected chi connectivity index (χ1v) is 14.0. The summed E-state index contributed by atoms with van der Waals surface area (Å²) in [5.74, 6) is -3.52. The summed E-state index contributed by atoms with van der Waals surface area (Å²) < 4.78 is 0. The van der Waals surface area contributed by atoms with Gasteiger partial charge in [-0.3, -0.25) is 19.2 Å². The molecule has 0 saturated carbocycles. The summed E-state index contributed by atoms with van der Waals surface area (Å²) in [6.07, 6.45) is 3.30. The molecular weight excluding hydrogens is 528 g/mol. The Morgan fingerprint density at radius 2 is 1.38 bits per heavy atom. The largest absolute Gasteiger partial charge is 0.480 e. The number of thioether (sulfide) groups is 1. The molecule has 0 spiro atoms. The highest BCUT2D eigenvalue weighted by Crippen LogP contribution is 2.07. The first kappa shape index (κ1) is 33.8. The number of hydrogen-bond donors (Lipinski definition) is 8. The summed E-state index contributed by atoms with van der Waals surface area (Å²) in [7, 11) is 0. The Kier molecular flexibility index (Phi) is 16.4. The second kappa shape index (κ2) is 19.0. The number of carbonyl (C=O) groups is 5. The third kappa shape index (κ3) is 12.9. The third-order valence-electron chi connectivity index (χ3n) is 5.74. The van der Waals surface area contributed by atoms with Gasteiger partial charge in [-0.2, -0.15) is 11.8 Å². The molecule has 0 saturated heterocycles. The third-order valence-corrected chi connectivity index (χ3v) is 6.38. The molecule has 39 heavy (non-hydrogen) atoms. The zero-order valence-electron chi connectivity index (χ0n) is 22.1. The Balaban J connectivity index is 2.96. The molecule has 0 aliphatic heterocycles. The van der Waals surface area contributed by atoms with E-state index in [0.29, 0.717) is 30.7 Å². The molecule has 14 heteroatoms. The number of aliphatic hydroxyl groups excluding tert-OH is 1. The standard InChI is InChI=1S/C25H40N6O7S/c1-39-12-10-18(28-21(33)14-27)23(35)31-20(15-32)24(36)29-17(9-5-6-11-26)22(34)30-19(25(37)38)13-16-7-3-2-4-8-16/h2-4,7-8,17-20,32H,5-6,9-15,26-27H2,1H3,(H,28,33)(H,29,36)(H,30,34)(H,31,35)(H,37,38)/t17-,18-,19-,20-/m0/s1. The molecule has 1 aromatic rings. The van der Waals surface area contributed by atoms with Crippen LogP contribution in [0, 0.1) is 0 Å². The second-order valence-corrected chi connectivity index (χ2v) is 9.77. The molecule has 0 unspecified atom stereocenters. The van der Waals surface area contributed by atoms with Gasteiger partial charge in [-0.15, -0.1) is 0 Å². The Morgan fingerprint density at radius 1 is 0.821 bits per heavy atom. The van der Waals surface area contributed by atoms with E-state index in [2.05, 4.69) is 21.3 Å². The average molecular weight is 569 g/mol. The quantitative estimate of drug-likeness (QED) is 0.0864. The fourth-order valence-electron chi connectivity index (χ4n) is 3.58. The zero-order valence-corrected chi connectivity index (χ0v) is 22.9. The molecule has 4 atom stereocenters. The monoisotopic (exact) mass is 568 g/mol. The van der Waals surface area contributed by atoms with Crippen molar-refractivity contribution in [1.29, 1.82) is 0 Å². The molecule has 0 fully saturated rings. The topological polar surface area (TPSA) is 226 Å². The van der Waals surface area contributed by atoms with Gasteiger partial charge in [0.2, 0.25) is 23.6 Å². The van der Waals surface area contributed by atoms with Crippen LogP contribution in [0.25, 0.3) is 0 Å². The van der Waals surface area contributed by atoms with E-state index in [4.69, 9.17) is 11.5 Å². The first-order valence-electron chi connectivity index (χ1n) is 12.6. The number of aliphatic carboxylic acids is 1. The van der Waals surface area contributed by atoms with Gasteiger partial charge in [0.05, 0.1) is 13.2 Å². The van der Waals surface area contributed by atoms with Gasteiger partial charge in [-0.25, -0.2) is 4.79 Å². The summed E-state index contributed by atoms with van der Waals surface area (Å²) in [4.78, 5) is 62.3. The van der Waals surface area contributed by atoms with E-state index in [-0.39, 0.29) is 25.8 Å². The van der Waals surface area contributed by atoms with Gasteiger partial charge < -0.3 is 42.9 Å². The molecule has 4 amide bonds. The minimum Gasteiger partial charge on any atom is -0.480 e. The zero-order chi connectivity index (χ0) is 29.2. The fraction of sp³-hybridized carbons (Fsp3) is 0.560. The Morgan fingerprint density at radius 3 is 1.92 bits per heavy atom. The van der Waals surface area contributed by atoms with Crippen molar-refractivity contribution >= 4 is 41.4 Å². The van der Waals surface area contributed by atoms with Gasteiger partial charge in [0.25, 0.3) is 0 Å². The predicted octanol–water partition coefficient (Wildman–Crippen LogP) is -1.91. The molecule has 0 bridgehead atoms. The van der Waals surface area contributed by atoms with Crippen LogP contribution in [0.1, 0.15) is 31.2 Å². The highest BCUT2D eigenvalue weighted by Gasteiger charge is 2.30. The van der Waals surface area contributed by atoms with Crippen molar-refractivity contribution in [3.8, 4) is 0 Å². The fourth-order valence-corrected chi connectivity index (χ4v) is 4.05. The summed E-state index contributed by atoms with van der Waals surface area (Å²) in [6.45, 7) is -0.746. The van der Waals surface area contributed by atoms with Crippen LogP contribution in [0.3, 0.4) is 0 Å². The number of carboxylic acids is 1. The van der Waals surface area contributed by atoms with Gasteiger partial charge >= 0.3 is 5.97 Å².